The van der Waals surface area contributed by atoms with Crippen LogP contribution in [-0.4, -0.2) is 25.3 Å². The van der Waals surface area contributed by atoms with Crippen LogP contribution in [0.15, 0.2) is 49.5 Å². The molecule has 2 aromatic heterocycles. The highest BCUT2D eigenvalue weighted by Crippen LogP contribution is 2.21. The van der Waals surface area contributed by atoms with Crippen molar-refractivity contribution in [2.45, 2.75) is 32.1 Å². The van der Waals surface area contributed by atoms with Crippen molar-refractivity contribution in [3.63, 3.8) is 0 Å². The summed E-state index contributed by atoms with van der Waals surface area (Å²) in [7, 11) is 0. The molecule has 0 aromatic carbocycles. The highest BCUT2D eigenvalue weighted by molar-refractivity contribution is 5.76. The molecule has 1 aliphatic carbocycles. The van der Waals surface area contributed by atoms with Gasteiger partial charge in [-0.3, -0.25) is 5.10 Å². The maximum Gasteiger partial charge on any atom is 0.158 e. The van der Waals surface area contributed by atoms with Crippen molar-refractivity contribution < 1.29 is 5.11 Å². The van der Waals surface area contributed by atoms with E-state index in [1.165, 1.54) is 56.6 Å². The van der Waals surface area contributed by atoms with Crippen LogP contribution in [0, 0.1) is 11.3 Å². The molecular formula is C19H22N6O. The second-order valence-electron chi connectivity index (χ2n) is 5.67. The Balaban J connectivity index is 0.000000417. The summed E-state index contributed by atoms with van der Waals surface area (Å²) < 4.78 is 0. The van der Waals surface area contributed by atoms with Crippen LogP contribution in [0.5, 0.6) is 0 Å². The molecule has 0 spiro atoms. The molecule has 1 aliphatic rings. The summed E-state index contributed by atoms with van der Waals surface area (Å²) in [4.78, 5) is 7.91. The summed E-state index contributed by atoms with van der Waals surface area (Å²) in [6.45, 7) is 7.13. The molecule has 2 aromatic rings. The van der Waals surface area contributed by atoms with Gasteiger partial charge in [0.15, 0.2) is 11.5 Å². The molecule has 26 heavy (non-hydrogen) atoms. The van der Waals surface area contributed by atoms with Gasteiger partial charge < -0.3 is 10.4 Å². The molecule has 7 heteroatoms. The van der Waals surface area contributed by atoms with E-state index in [9.17, 15) is 5.11 Å². The summed E-state index contributed by atoms with van der Waals surface area (Å²) >= 11 is 0. The lowest BCUT2D eigenvalue weighted by molar-refractivity contribution is 0.436. The number of rotatable bonds is 5. The maximum absolute atomic E-state index is 9.70. The molecule has 0 unspecified atom stereocenters. The van der Waals surface area contributed by atoms with Crippen LogP contribution >= 0.6 is 0 Å². The first-order valence-electron chi connectivity index (χ1n) is 8.41. The first-order valence-corrected chi connectivity index (χ1v) is 8.41. The average molecular weight is 350 g/mol. The van der Waals surface area contributed by atoms with E-state index >= 15 is 0 Å². The summed E-state index contributed by atoms with van der Waals surface area (Å²) in [5, 5.41) is 28.1. The monoisotopic (exact) mass is 350 g/mol. The number of aromatic amines is 1. The normalized spacial score (nSPS) is 13.7. The standard InChI is InChI=1S/C14H12N6O.C5H10/c1-3-10(12(21)4-2)11-5-13(20-19-11)18-14-8-16-9(6-15)7-17-14;1-2-4-5-3-1/h3-5,7-8,21H,1-2H2,(H2,17,18,19,20);1-5H2/b12-10-;. The van der Waals surface area contributed by atoms with Gasteiger partial charge in [0.05, 0.1) is 18.1 Å². The molecule has 3 rings (SSSR count). The van der Waals surface area contributed by atoms with E-state index in [-0.39, 0.29) is 11.5 Å². The Morgan fingerprint density at radius 2 is 1.81 bits per heavy atom. The van der Waals surface area contributed by atoms with Crippen molar-refractivity contribution in [3.05, 3.63) is 60.9 Å². The smallest absolute Gasteiger partial charge is 0.158 e. The first-order chi connectivity index (χ1) is 12.7. The van der Waals surface area contributed by atoms with E-state index in [1.54, 1.807) is 6.07 Å². The number of aliphatic hydroxyl groups excluding tert-OH is 1. The number of hydrogen-bond acceptors (Lipinski definition) is 6. The highest BCUT2D eigenvalue weighted by atomic mass is 16.3. The van der Waals surface area contributed by atoms with E-state index in [2.05, 4.69) is 38.6 Å². The van der Waals surface area contributed by atoms with Crippen molar-refractivity contribution in [1.82, 2.24) is 20.2 Å². The number of allylic oxidation sites excluding steroid dienone is 3. The third kappa shape index (κ3) is 5.31. The van der Waals surface area contributed by atoms with Gasteiger partial charge >= 0.3 is 0 Å². The molecule has 1 saturated carbocycles. The Kier molecular flexibility index (Phi) is 7.13. The van der Waals surface area contributed by atoms with Crippen LogP contribution < -0.4 is 5.32 Å². The molecule has 2 heterocycles. The summed E-state index contributed by atoms with van der Waals surface area (Å²) in [6, 6.07) is 3.56. The van der Waals surface area contributed by atoms with Gasteiger partial charge in [0, 0.05) is 11.6 Å². The quantitative estimate of drug-likeness (QED) is 0.544. The summed E-state index contributed by atoms with van der Waals surface area (Å²) in [5.74, 6) is 0.933. The fourth-order valence-corrected chi connectivity index (χ4v) is 2.45. The molecule has 0 bridgehead atoms. The largest absolute Gasteiger partial charge is 0.507 e. The Bertz CT molecular complexity index is 802. The van der Waals surface area contributed by atoms with E-state index in [0.717, 1.165) is 0 Å². The molecule has 3 N–H and O–H groups in total. The minimum atomic E-state index is -0.00151. The van der Waals surface area contributed by atoms with Gasteiger partial charge in [-0.05, 0) is 6.08 Å². The number of nitrogens with one attached hydrogen (secondary N) is 2. The zero-order chi connectivity index (χ0) is 18.8. The van der Waals surface area contributed by atoms with Crippen LogP contribution in [-0.2, 0) is 0 Å². The SMILES string of the molecule is C1CCCC1.C=C/C(O)=C(\C=C)c1cc(Nc2cnc(C#N)cn2)n[nH]1. The van der Waals surface area contributed by atoms with E-state index in [4.69, 9.17) is 5.26 Å². The van der Waals surface area contributed by atoms with Gasteiger partial charge in [0.2, 0.25) is 0 Å². The van der Waals surface area contributed by atoms with E-state index < -0.39 is 0 Å². The third-order valence-corrected chi connectivity index (χ3v) is 3.81. The topological polar surface area (TPSA) is 111 Å². The molecule has 134 valence electrons. The van der Waals surface area contributed by atoms with Gasteiger partial charge in [-0.15, -0.1) is 0 Å². The zero-order valence-electron chi connectivity index (χ0n) is 14.6. The Morgan fingerprint density at radius 1 is 1.12 bits per heavy atom. The van der Waals surface area contributed by atoms with Crippen LogP contribution in [0.3, 0.4) is 0 Å². The van der Waals surface area contributed by atoms with Crippen LogP contribution in [0.1, 0.15) is 43.5 Å². The fraction of sp³-hybridized carbons (Fsp3) is 0.263. The predicted octanol–water partition coefficient (Wildman–Crippen LogP) is 4.41. The van der Waals surface area contributed by atoms with Crippen molar-refractivity contribution in [1.29, 1.82) is 5.26 Å². The molecule has 0 amide bonds. The number of aliphatic hydroxyl groups is 1. The number of anilines is 2. The minimum Gasteiger partial charge on any atom is -0.507 e. The molecule has 7 nitrogen and oxygen atoms in total. The molecular weight excluding hydrogens is 328 g/mol. The summed E-state index contributed by atoms with van der Waals surface area (Å²) in [5.41, 5.74) is 1.29. The average Bonchev–Trinajstić information content (AvgIpc) is 3.38. The van der Waals surface area contributed by atoms with Gasteiger partial charge in [-0.1, -0.05) is 51.3 Å². The van der Waals surface area contributed by atoms with Crippen LogP contribution in [0.25, 0.3) is 5.57 Å². The maximum atomic E-state index is 9.70. The number of nitriles is 1. The van der Waals surface area contributed by atoms with Gasteiger partial charge in [0.25, 0.3) is 0 Å². The highest BCUT2D eigenvalue weighted by Gasteiger charge is 2.08. The second-order valence-corrected chi connectivity index (χ2v) is 5.67. The predicted molar refractivity (Wildman–Crippen MR) is 102 cm³/mol. The lowest BCUT2D eigenvalue weighted by Crippen LogP contribution is -1.95. The van der Waals surface area contributed by atoms with E-state index in [1.807, 2.05) is 6.07 Å². The number of H-pyrrole nitrogens is 1. The van der Waals surface area contributed by atoms with Crippen LogP contribution in [0.4, 0.5) is 11.6 Å². The van der Waals surface area contributed by atoms with Gasteiger partial charge in [-0.2, -0.15) is 10.4 Å². The third-order valence-electron chi connectivity index (χ3n) is 3.81. The van der Waals surface area contributed by atoms with Crippen molar-refractivity contribution in [2.75, 3.05) is 5.32 Å². The molecule has 0 radical (unpaired) electrons. The second kappa shape index (κ2) is 9.79. The van der Waals surface area contributed by atoms with Crippen molar-refractivity contribution >= 4 is 17.2 Å². The lowest BCUT2D eigenvalue weighted by atomic mass is 10.1. The Morgan fingerprint density at radius 3 is 2.31 bits per heavy atom. The first kappa shape index (κ1) is 18.9. The summed E-state index contributed by atoms with van der Waals surface area (Å²) in [6.07, 6.45) is 13.1. The van der Waals surface area contributed by atoms with Gasteiger partial charge in [-0.25, -0.2) is 9.97 Å². The zero-order valence-corrected chi connectivity index (χ0v) is 14.6. The van der Waals surface area contributed by atoms with Crippen LogP contribution in [0.2, 0.25) is 0 Å². The minimum absolute atomic E-state index is 0.00151. The Hall–Kier alpha value is -3.40. The fourth-order valence-electron chi connectivity index (χ4n) is 2.45. The molecule has 1 fully saturated rings. The molecule has 0 saturated heterocycles. The number of aromatic nitrogens is 4. The Labute approximate surface area is 152 Å². The number of nitrogens with zero attached hydrogens (tertiary/aromatic N) is 4. The number of hydrogen-bond donors (Lipinski definition) is 3. The van der Waals surface area contributed by atoms with Gasteiger partial charge in [0.1, 0.15) is 17.6 Å². The molecule has 0 aliphatic heterocycles. The molecule has 0 atom stereocenters. The lowest BCUT2D eigenvalue weighted by Gasteiger charge is -2.00. The van der Waals surface area contributed by atoms with Crippen molar-refractivity contribution in [3.8, 4) is 6.07 Å². The van der Waals surface area contributed by atoms with Crippen molar-refractivity contribution in [2.24, 2.45) is 0 Å². The van der Waals surface area contributed by atoms with E-state index in [0.29, 0.717) is 22.9 Å².